The Labute approximate surface area is 167 Å². The van der Waals surface area contributed by atoms with Crippen molar-refractivity contribution in [2.45, 2.75) is 0 Å². The topological polar surface area (TPSA) is 127 Å². The lowest BCUT2D eigenvalue weighted by Gasteiger charge is -2.15. The number of hydrazone groups is 1. The fraction of sp³-hybridized carbons (Fsp3) is 0. The van der Waals surface area contributed by atoms with Crippen molar-refractivity contribution in [1.29, 1.82) is 0 Å². The Hall–Kier alpha value is -4.60. The minimum Gasteiger partial charge on any atom is -0.273 e. The van der Waals surface area contributed by atoms with E-state index in [4.69, 9.17) is 15.0 Å². The molecule has 10 heteroatoms. The maximum Gasteiger partial charge on any atom is 0.142 e. The molecule has 2 N–H and O–H groups in total. The quantitative estimate of drug-likeness (QED) is 0.697. The van der Waals surface area contributed by atoms with E-state index in [0.717, 1.165) is 51.3 Å². The Bertz CT molecular complexity index is 1530. The first-order chi connectivity index (χ1) is 14.8. The predicted molar refractivity (Wildman–Crippen MR) is 113 cm³/mol. The molecular weight excluding hydrogens is 380 g/mol. The molecule has 8 bridgehead atoms. The maximum absolute atomic E-state index is 4.81. The predicted octanol–water partition coefficient (Wildman–Crippen LogP) is 1.43. The molecule has 0 radical (unpaired) electrons. The normalized spacial score (nSPS) is 23.0. The van der Waals surface area contributed by atoms with Crippen LogP contribution in [0.15, 0.2) is 94.5 Å². The highest BCUT2D eigenvalue weighted by Crippen LogP contribution is 2.36. The number of nitrogens with one attached hydrogen (secondary N) is 2. The third kappa shape index (κ3) is 1.65. The van der Waals surface area contributed by atoms with Crippen molar-refractivity contribution in [3.63, 3.8) is 0 Å². The van der Waals surface area contributed by atoms with Gasteiger partial charge in [-0.2, -0.15) is 10.2 Å². The zero-order chi connectivity index (χ0) is 19.4. The van der Waals surface area contributed by atoms with Crippen LogP contribution in [0.2, 0.25) is 0 Å². The molecule has 0 saturated carbocycles. The number of aromatic amines is 1. The van der Waals surface area contributed by atoms with Crippen LogP contribution in [0.4, 0.5) is 5.69 Å². The SMILES string of the molecule is C1=CC2=NC1=CC1=NC(=C3NN=C13)C1=NN=C3C1=Nc1c(n[nH]c13)C1=NC(=C2)C=C1. The molecular formula is C20H8N10. The van der Waals surface area contributed by atoms with E-state index in [9.17, 15) is 0 Å². The smallest absolute Gasteiger partial charge is 0.142 e. The minimum atomic E-state index is 0.617. The molecule has 7 aliphatic rings. The number of hydrogen-bond acceptors (Lipinski definition) is 9. The van der Waals surface area contributed by atoms with Gasteiger partial charge in [-0.3, -0.25) is 10.5 Å². The molecule has 0 fully saturated rings. The van der Waals surface area contributed by atoms with E-state index >= 15 is 0 Å². The first-order valence-corrected chi connectivity index (χ1v) is 9.31. The molecule has 0 aromatic carbocycles. The zero-order valence-electron chi connectivity index (χ0n) is 15.0. The summed E-state index contributed by atoms with van der Waals surface area (Å²) >= 11 is 0. The van der Waals surface area contributed by atoms with Crippen molar-refractivity contribution in [2.24, 2.45) is 35.3 Å². The second-order valence-electron chi connectivity index (χ2n) is 7.29. The van der Waals surface area contributed by atoms with Crippen LogP contribution >= 0.6 is 0 Å². The molecule has 8 rings (SSSR count). The molecule has 0 spiro atoms. The van der Waals surface area contributed by atoms with Crippen LogP contribution in [0.1, 0.15) is 11.4 Å². The number of nitrogens with zero attached hydrogens (tertiary/aromatic N) is 8. The molecule has 0 unspecified atom stereocenters. The summed E-state index contributed by atoms with van der Waals surface area (Å²) in [6, 6.07) is 0. The molecule has 1 aromatic rings. The van der Waals surface area contributed by atoms with Gasteiger partial charge >= 0.3 is 0 Å². The molecule has 138 valence electrons. The van der Waals surface area contributed by atoms with Crippen molar-refractivity contribution in [3.05, 3.63) is 70.6 Å². The lowest BCUT2D eigenvalue weighted by Crippen LogP contribution is -2.32. The molecule has 1 aromatic heterocycles. The van der Waals surface area contributed by atoms with Crippen molar-refractivity contribution in [2.75, 3.05) is 0 Å². The Morgan fingerprint density at radius 1 is 0.700 bits per heavy atom. The van der Waals surface area contributed by atoms with E-state index in [1.807, 2.05) is 36.5 Å². The standard InChI is InChI=1S/C20H8N10/c1-2-9-6-11-13-17(27-26-13)15(23-11)18-16-20(30-28-18)19-14(24-16)12(25-29-19)10-4-3-8(22-10)5-7(1)21-9/h1-6,27H,(H,25,29). The van der Waals surface area contributed by atoms with Gasteiger partial charge in [0.05, 0.1) is 28.5 Å². The van der Waals surface area contributed by atoms with Gasteiger partial charge in [0, 0.05) is 0 Å². The van der Waals surface area contributed by atoms with Gasteiger partial charge in [0.15, 0.2) is 0 Å². The van der Waals surface area contributed by atoms with Crippen LogP contribution in [-0.2, 0) is 0 Å². The van der Waals surface area contributed by atoms with E-state index in [-0.39, 0.29) is 0 Å². The maximum atomic E-state index is 4.81. The fourth-order valence-electron chi connectivity index (χ4n) is 4.10. The van der Waals surface area contributed by atoms with E-state index in [1.54, 1.807) is 0 Å². The van der Waals surface area contributed by atoms with Gasteiger partial charge in [-0.1, -0.05) is 0 Å². The van der Waals surface area contributed by atoms with E-state index in [1.165, 1.54) is 0 Å². The third-order valence-electron chi connectivity index (χ3n) is 5.52. The van der Waals surface area contributed by atoms with Gasteiger partial charge in [-0.25, -0.2) is 20.0 Å². The van der Waals surface area contributed by atoms with Gasteiger partial charge in [-0.15, -0.1) is 10.2 Å². The van der Waals surface area contributed by atoms with Crippen LogP contribution in [0.25, 0.3) is 0 Å². The monoisotopic (exact) mass is 388 g/mol. The van der Waals surface area contributed by atoms with E-state index in [0.29, 0.717) is 28.5 Å². The van der Waals surface area contributed by atoms with Gasteiger partial charge in [-0.05, 0) is 36.5 Å². The lowest BCUT2D eigenvalue weighted by molar-refractivity contribution is 0.870. The first-order valence-electron chi connectivity index (χ1n) is 9.31. The second kappa shape index (κ2) is 4.69. The number of rotatable bonds is 0. The highest BCUT2D eigenvalue weighted by atomic mass is 15.4. The molecule has 30 heavy (non-hydrogen) atoms. The fourth-order valence-corrected chi connectivity index (χ4v) is 4.10. The van der Waals surface area contributed by atoms with Crippen LogP contribution in [0.5, 0.6) is 0 Å². The Morgan fingerprint density at radius 2 is 1.60 bits per heavy atom. The molecule has 0 saturated heterocycles. The van der Waals surface area contributed by atoms with Crippen LogP contribution in [0.3, 0.4) is 0 Å². The molecule has 7 aliphatic heterocycles. The van der Waals surface area contributed by atoms with Crippen LogP contribution in [0, 0.1) is 0 Å². The summed E-state index contributed by atoms with van der Waals surface area (Å²) in [5, 5.41) is 20.5. The summed E-state index contributed by atoms with van der Waals surface area (Å²) < 4.78 is 0. The van der Waals surface area contributed by atoms with Crippen molar-refractivity contribution in [3.8, 4) is 0 Å². The average molecular weight is 388 g/mol. The minimum absolute atomic E-state index is 0.617. The highest BCUT2D eigenvalue weighted by Gasteiger charge is 2.41. The van der Waals surface area contributed by atoms with Gasteiger partial charge in [0.1, 0.15) is 51.3 Å². The molecule has 8 heterocycles. The van der Waals surface area contributed by atoms with Crippen LogP contribution < -0.4 is 5.43 Å². The van der Waals surface area contributed by atoms with E-state index < -0.39 is 0 Å². The second-order valence-corrected chi connectivity index (χ2v) is 7.29. The number of fused-ring (bicyclic) bond motifs is 8. The van der Waals surface area contributed by atoms with Crippen molar-refractivity contribution < 1.29 is 0 Å². The molecule has 0 amide bonds. The van der Waals surface area contributed by atoms with Crippen molar-refractivity contribution >= 4 is 45.7 Å². The summed E-state index contributed by atoms with van der Waals surface area (Å²) in [5.41, 5.74) is 13.3. The summed E-state index contributed by atoms with van der Waals surface area (Å²) in [7, 11) is 0. The number of aliphatic imine (C=N–C) groups is 4. The summed E-state index contributed by atoms with van der Waals surface area (Å²) in [6.45, 7) is 0. The molecule has 10 nitrogen and oxygen atoms in total. The van der Waals surface area contributed by atoms with Gasteiger partial charge < -0.3 is 0 Å². The molecule has 0 aliphatic carbocycles. The first kappa shape index (κ1) is 14.4. The Morgan fingerprint density at radius 3 is 2.53 bits per heavy atom. The average Bonchev–Trinajstić information content (AvgIpc) is 3.48. The third-order valence-corrected chi connectivity index (χ3v) is 5.52. The lowest BCUT2D eigenvalue weighted by atomic mass is 10.1. The number of hydrogen-bond donors (Lipinski definition) is 2. The number of H-pyrrole nitrogens is 1. The van der Waals surface area contributed by atoms with Crippen molar-refractivity contribution in [1.82, 2.24) is 15.6 Å². The summed E-state index contributed by atoms with van der Waals surface area (Å²) in [5.74, 6) is 0. The highest BCUT2D eigenvalue weighted by molar-refractivity contribution is 6.78. The van der Waals surface area contributed by atoms with Crippen LogP contribution in [-0.4, -0.2) is 50.2 Å². The zero-order valence-corrected chi connectivity index (χ0v) is 15.0. The number of allylic oxidation sites excluding steroid dienone is 8. The van der Waals surface area contributed by atoms with Gasteiger partial charge in [0.25, 0.3) is 0 Å². The summed E-state index contributed by atoms with van der Waals surface area (Å²) in [4.78, 5) is 18.9. The Kier molecular flexibility index (Phi) is 2.25. The Balaban J connectivity index is 1.39. The summed E-state index contributed by atoms with van der Waals surface area (Å²) in [6.07, 6.45) is 11.6. The van der Waals surface area contributed by atoms with Gasteiger partial charge in [0.2, 0.25) is 0 Å². The molecule has 0 atom stereocenters. The van der Waals surface area contributed by atoms with E-state index in [2.05, 4.69) is 35.9 Å². The largest absolute Gasteiger partial charge is 0.273 e. The number of aromatic nitrogens is 2.